The first kappa shape index (κ1) is 17.8. The van der Waals surface area contributed by atoms with Crippen LogP contribution in [0.3, 0.4) is 0 Å². The minimum absolute atomic E-state index is 0.216. The lowest BCUT2D eigenvalue weighted by Crippen LogP contribution is -2.41. The normalized spacial score (nSPS) is 16.0. The van der Waals surface area contributed by atoms with Crippen LogP contribution in [-0.2, 0) is 6.42 Å². The Labute approximate surface area is 177 Å². The summed E-state index contributed by atoms with van der Waals surface area (Å²) in [5, 5.41) is 5.37. The SMILES string of the molecule is O=C(c1cnn2cccnc12)N1CCc2c([nH]c3ccccc23)C1c1ccccc1F. The molecule has 0 spiro atoms. The number of amides is 1. The lowest BCUT2D eigenvalue weighted by Gasteiger charge is -2.36. The molecule has 1 aliphatic rings. The highest BCUT2D eigenvalue weighted by atomic mass is 19.1. The molecule has 1 aliphatic heterocycles. The summed E-state index contributed by atoms with van der Waals surface area (Å²) in [6.07, 6.45) is 5.60. The smallest absolute Gasteiger partial charge is 0.260 e. The molecule has 0 saturated heterocycles. The van der Waals surface area contributed by atoms with Crippen molar-refractivity contribution in [2.24, 2.45) is 0 Å². The van der Waals surface area contributed by atoms with E-state index in [9.17, 15) is 9.18 Å². The average Bonchev–Trinajstić information content (AvgIpc) is 3.40. The molecule has 0 saturated carbocycles. The second kappa shape index (κ2) is 6.77. The molecule has 1 atom stereocenters. The number of carbonyl (C=O) groups excluding carboxylic acids is 1. The second-order valence-corrected chi connectivity index (χ2v) is 7.68. The minimum Gasteiger partial charge on any atom is -0.356 e. The van der Waals surface area contributed by atoms with Gasteiger partial charge in [-0.3, -0.25) is 4.79 Å². The van der Waals surface area contributed by atoms with Crippen molar-refractivity contribution < 1.29 is 9.18 Å². The van der Waals surface area contributed by atoms with Crippen LogP contribution in [0.15, 0.2) is 73.2 Å². The zero-order chi connectivity index (χ0) is 20.9. The third-order valence-corrected chi connectivity index (χ3v) is 6.00. The van der Waals surface area contributed by atoms with Crippen LogP contribution in [-0.4, -0.2) is 36.9 Å². The van der Waals surface area contributed by atoms with Crippen molar-refractivity contribution in [2.75, 3.05) is 6.54 Å². The predicted octanol–water partition coefficient (Wildman–Crippen LogP) is 4.14. The molecular weight excluding hydrogens is 393 g/mol. The Morgan fingerprint density at radius 1 is 1.10 bits per heavy atom. The number of carbonyl (C=O) groups is 1. The van der Waals surface area contributed by atoms with E-state index < -0.39 is 6.04 Å². The Morgan fingerprint density at radius 2 is 1.94 bits per heavy atom. The van der Waals surface area contributed by atoms with E-state index >= 15 is 0 Å². The Bertz CT molecular complexity index is 1450. The van der Waals surface area contributed by atoms with Crippen molar-refractivity contribution in [1.29, 1.82) is 0 Å². The molecule has 2 aromatic carbocycles. The monoisotopic (exact) mass is 411 g/mol. The van der Waals surface area contributed by atoms with Gasteiger partial charge in [0.05, 0.1) is 6.20 Å². The van der Waals surface area contributed by atoms with Crippen LogP contribution in [0.2, 0.25) is 0 Å². The van der Waals surface area contributed by atoms with Crippen molar-refractivity contribution in [3.8, 4) is 0 Å². The third kappa shape index (κ3) is 2.66. The maximum Gasteiger partial charge on any atom is 0.260 e. The number of rotatable bonds is 2. The second-order valence-electron chi connectivity index (χ2n) is 7.68. The largest absolute Gasteiger partial charge is 0.356 e. The van der Waals surface area contributed by atoms with E-state index in [-0.39, 0.29) is 11.7 Å². The number of aromatic amines is 1. The number of aromatic nitrogens is 4. The molecule has 31 heavy (non-hydrogen) atoms. The molecule has 4 heterocycles. The Kier molecular flexibility index (Phi) is 3.89. The number of para-hydroxylation sites is 1. The molecule has 5 aromatic rings. The molecule has 1 unspecified atom stereocenters. The number of benzene rings is 2. The van der Waals surface area contributed by atoms with Crippen molar-refractivity contribution in [1.82, 2.24) is 24.5 Å². The first-order valence-electron chi connectivity index (χ1n) is 10.2. The van der Waals surface area contributed by atoms with Crippen LogP contribution >= 0.6 is 0 Å². The fourth-order valence-electron chi connectivity index (χ4n) is 4.61. The number of nitrogens with one attached hydrogen (secondary N) is 1. The molecule has 3 aromatic heterocycles. The zero-order valence-corrected chi connectivity index (χ0v) is 16.5. The highest BCUT2D eigenvalue weighted by molar-refractivity contribution is 6.00. The fourth-order valence-corrected chi connectivity index (χ4v) is 4.61. The molecule has 6 rings (SSSR count). The highest BCUT2D eigenvalue weighted by Gasteiger charge is 2.37. The van der Waals surface area contributed by atoms with Gasteiger partial charge in [-0.2, -0.15) is 5.10 Å². The van der Waals surface area contributed by atoms with Crippen LogP contribution in [0.4, 0.5) is 4.39 Å². The van der Waals surface area contributed by atoms with Crippen LogP contribution < -0.4 is 0 Å². The number of halogens is 1. The predicted molar refractivity (Wildman–Crippen MR) is 114 cm³/mol. The lowest BCUT2D eigenvalue weighted by molar-refractivity contribution is 0.0691. The van der Waals surface area contributed by atoms with Gasteiger partial charge < -0.3 is 9.88 Å². The summed E-state index contributed by atoms with van der Waals surface area (Å²) in [7, 11) is 0. The van der Waals surface area contributed by atoms with E-state index in [1.165, 1.54) is 12.3 Å². The van der Waals surface area contributed by atoms with E-state index in [1.54, 1.807) is 46.1 Å². The maximum atomic E-state index is 15.0. The average molecular weight is 411 g/mol. The summed E-state index contributed by atoms with van der Waals surface area (Å²) in [6.45, 7) is 0.469. The summed E-state index contributed by atoms with van der Waals surface area (Å²) < 4.78 is 16.5. The van der Waals surface area contributed by atoms with Crippen molar-refractivity contribution >= 4 is 22.5 Å². The van der Waals surface area contributed by atoms with Gasteiger partial charge in [0.25, 0.3) is 5.91 Å². The lowest BCUT2D eigenvalue weighted by atomic mass is 9.91. The first-order valence-corrected chi connectivity index (χ1v) is 10.2. The van der Waals surface area contributed by atoms with Crippen molar-refractivity contribution in [3.05, 3.63) is 101 Å². The fraction of sp³-hybridized carbons (Fsp3) is 0.125. The van der Waals surface area contributed by atoms with Crippen LogP contribution in [0, 0.1) is 5.82 Å². The molecule has 0 aliphatic carbocycles. The number of fused-ring (bicyclic) bond motifs is 4. The topological polar surface area (TPSA) is 66.3 Å². The molecule has 152 valence electrons. The van der Waals surface area contributed by atoms with Gasteiger partial charge in [-0.15, -0.1) is 0 Å². The molecule has 1 N–H and O–H groups in total. The molecule has 0 fully saturated rings. The van der Waals surface area contributed by atoms with Gasteiger partial charge in [0, 0.05) is 41.1 Å². The third-order valence-electron chi connectivity index (χ3n) is 6.00. The molecule has 6 nitrogen and oxygen atoms in total. The first-order chi connectivity index (χ1) is 15.2. The van der Waals surface area contributed by atoms with Crippen molar-refractivity contribution in [3.63, 3.8) is 0 Å². The molecule has 7 heteroatoms. The summed E-state index contributed by atoms with van der Waals surface area (Å²) in [5.74, 6) is -0.555. The summed E-state index contributed by atoms with van der Waals surface area (Å²) in [4.78, 5) is 23.2. The number of nitrogens with zero attached hydrogens (tertiary/aromatic N) is 4. The molecule has 1 amide bonds. The number of hydrogen-bond acceptors (Lipinski definition) is 3. The number of H-pyrrole nitrogens is 1. The molecule has 0 radical (unpaired) electrons. The highest BCUT2D eigenvalue weighted by Crippen LogP contribution is 2.40. The quantitative estimate of drug-likeness (QED) is 0.475. The molecule has 0 bridgehead atoms. The zero-order valence-electron chi connectivity index (χ0n) is 16.5. The van der Waals surface area contributed by atoms with E-state index in [2.05, 4.69) is 21.1 Å². The van der Waals surface area contributed by atoms with E-state index in [4.69, 9.17) is 0 Å². The maximum absolute atomic E-state index is 15.0. The van der Waals surface area contributed by atoms with Crippen LogP contribution in [0.1, 0.15) is 33.2 Å². The van der Waals surface area contributed by atoms with Crippen LogP contribution in [0.25, 0.3) is 16.6 Å². The molecular formula is C24H18FN5O. The van der Waals surface area contributed by atoms with Gasteiger partial charge >= 0.3 is 0 Å². The van der Waals surface area contributed by atoms with E-state index in [0.717, 1.165) is 22.2 Å². The van der Waals surface area contributed by atoms with Gasteiger partial charge in [0.1, 0.15) is 17.4 Å². The van der Waals surface area contributed by atoms with Crippen LogP contribution in [0.5, 0.6) is 0 Å². The number of hydrogen-bond donors (Lipinski definition) is 1. The minimum atomic E-state index is -0.566. The van der Waals surface area contributed by atoms with Gasteiger partial charge in [-0.05, 0) is 30.2 Å². The van der Waals surface area contributed by atoms with Gasteiger partial charge in [0.15, 0.2) is 5.65 Å². The summed E-state index contributed by atoms with van der Waals surface area (Å²) >= 11 is 0. The summed E-state index contributed by atoms with van der Waals surface area (Å²) in [5.41, 5.74) is 4.33. The van der Waals surface area contributed by atoms with Gasteiger partial charge in [-0.1, -0.05) is 36.4 Å². The Morgan fingerprint density at radius 3 is 2.84 bits per heavy atom. The van der Waals surface area contributed by atoms with Gasteiger partial charge in [-0.25, -0.2) is 13.9 Å². The Hall–Kier alpha value is -4.00. The summed E-state index contributed by atoms with van der Waals surface area (Å²) in [6, 6.07) is 15.9. The van der Waals surface area contributed by atoms with E-state index in [1.807, 2.05) is 18.2 Å². The Balaban J connectivity index is 1.54. The van der Waals surface area contributed by atoms with Crippen molar-refractivity contribution in [2.45, 2.75) is 12.5 Å². The standard InChI is InChI=1S/C24H18FN5O/c25-19-8-3-1-7-17(19)22-21-16(15-6-2-4-9-20(15)28-21)10-13-29(22)24(31)18-14-27-30-12-5-11-26-23(18)30/h1-9,11-12,14,22,28H,10,13H2. The van der Waals surface area contributed by atoms with E-state index in [0.29, 0.717) is 29.7 Å². The van der Waals surface area contributed by atoms with Gasteiger partial charge in [0.2, 0.25) is 0 Å².